The molecule has 0 unspecified atom stereocenters. The summed E-state index contributed by atoms with van der Waals surface area (Å²) in [5.74, 6) is 0. The molecule has 0 amide bonds. The Kier molecular flexibility index (Phi) is 2.90. The summed E-state index contributed by atoms with van der Waals surface area (Å²) >= 11 is 0. The lowest BCUT2D eigenvalue weighted by molar-refractivity contribution is 0.601. The molecular weight excluding hydrogens is 252 g/mol. The first-order valence-electron chi connectivity index (χ1n) is 5.36. The van der Waals surface area contributed by atoms with Crippen LogP contribution in [0.25, 0.3) is 10.8 Å². The van der Waals surface area contributed by atoms with Crippen molar-refractivity contribution >= 4 is 26.3 Å². The van der Waals surface area contributed by atoms with Crippen molar-refractivity contribution in [2.75, 3.05) is 18.6 Å². The third kappa shape index (κ3) is 1.99. The number of hydrogen-bond acceptors (Lipinski definition) is 4. The Morgan fingerprint density at radius 1 is 1.22 bits per heavy atom. The van der Waals surface area contributed by atoms with Crippen molar-refractivity contribution in [3.8, 4) is 0 Å². The molecule has 18 heavy (non-hydrogen) atoms. The zero-order valence-corrected chi connectivity index (χ0v) is 11.2. The quantitative estimate of drug-likeness (QED) is 0.880. The third-order valence-electron chi connectivity index (χ3n) is 2.83. The number of benzene rings is 1. The number of anilines is 1. The molecule has 5 nitrogen and oxygen atoms in total. The van der Waals surface area contributed by atoms with Crippen molar-refractivity contribution in [3.63, 3.8) is 0 Å². The van der Waals surface area contributed by atoms with Crippen molar-refractivity contribution in [1.29, 1.82) is 0 Å². The van der Waals surface area contributed by atoms with Gasteiger partial charge < -0.3 is 9.88 Å². The van der Waals surface area contributed by atoms with Crippen LogP contribution in [-0.4, -0.2) is 26.3 Å². The maximum atomic E-state index is 12.0. The number of aryl methyl sites for hydroxylation is 1. The topological polar surface area (TPSA) is 68.2 Å². The molecule has 2 aromatic rings. The molecule has 0 fully saturated rings. The predicted molar refractivity (Wildman–Crippen MR) is 71.8 cm³/mol. The molecular formula is C12H14N2O3S. The first kappa shape index (κ1) is 12.6. The lowest BCUT2D eigenvalue weighted by Crippen LogP contribution is -2.18. The van der Waals surface area contributed by atoms with Crippen molar-refractivity contribution in [2.24, 2.45) is 7.05 Å². The van der Waals surface area contributed by atoms with Crippen LogP contribution in [0.5, 0.6) is 0 Å². The van der Waals surface area contributed by atoms with Gasteiger partial charge in [-0.3, -0.25) is 4.79 Å². The van der Waals surface area contributed by atoms with Crippen LogP contribution >= 0.6 is 0 Å². The van der Waals surface area contributed by atoms with Gasteiger partial charge in [0.05, 0.1) is 4.90 Å². The van der Waals surface area contributed by atoms with Gasteiger partial charge in [0.25, 0.3) is 5.56 Å². The number of aromatic nitrogens is 1. The molecule has 0 saturated carbocycles. The van der Waals surface area contributed by atoms with Crippen LogP contribution in [-0.2, 0) is 16.9 Å². The zero-order chi connectivity index (χ0) is 13.5. The zero-order valence-electron chi connectivity index (χ0n) is 10.4. The van der Waals surface area contributed by atoms with E-state index < -0.39 is 9.84 Å². The lowest BCUT2D eigenvalue weighted by atomic mass is 10.1. The summed E-state index contributed by atoms with van der Waals surface area (Å²) in [6.07, 6.45) is 2.50. The van der Waals surface area contributed by atoms with Gasteiger partial charge in [-0.25, -0.2) is 8.42 Å². The van der Waals surface area contributed by atoms with Crippen molar-refractivity contribution in [1.82, 2.24) is 4.57 Å². The van der Waals surface area contributed by atoms with Gasteiger partial charge in [-0.15, -0.1) is 0 Å². The van der Waals surface area contributed by atoms with E-state index >= 15 is 0 Å². The van der Waals surface area contributed by atoms with Gasteiger partial charge in [-0.05, 0) is 18.2 Å². The maximum Gasteiger partial charge on any atom is 0.258 e. The molecule has 1 aromatic heterocycles. The van der Waals surface area contributed by atoms with Gasteiger partial charge in [0, 0.05) is 43.0 Å². The number of nitrogens with zero attached hydrogens (tertiary/aromatic N) is 1. The summed E-state index contributed by atoms with van der Waals surface area (Å²) in [6.45, 7) is 0. The highest BCUT2D eigenvalue weighted by molar-refractivity contribution is 7.91. The van der Waals surface area contributed by atoms with E-state index in [2.05, 4.69) is 5.32 Å². The fourth-order valence-electron chi connectivity index (χ4n) is 1.88. The second kappa shape index (κ2) is 4.13. The van der Waals surface area contributed by atoms with Gasteiger partial charge in [-0.1, -0.05) is 0 Å². The Labute approximate surface area is 105 Å². The highest BCUT2D eigenvalue weighted by Crippen LogP contribution is 2.23. The average molecular weight is 266 g/mol. The number of sulfone groups is 1. The second-order valence-electron chi connectivity index (χ2n) is 4.19. The van der Waals surface area contributed by atoms with E-state index in [0.717, 1.165) is 11.9 Å². The summed E-state index contributed by atoms with van der Waals surface area (Å²) in [4.78, 5) is 12.1. The summed E-state index contributed by atoms with van der Waals surface area (Å²) in [5, 5.41) is 3.78. The summed E-state index contributed by atoms with van der Waals surface area (Å²) < 4.78 is 24.8. The molecule has 6 heteroatoms. The molecule has 2 rings (SSSR count). The lowest BCUT2D eigenvalue weighted by Gasteiger charge is -2.09. The fourth-order valence-corrected chi connectivity index (χ4v) is 2.80. The van der Waals surface area contributed by atoms with E-state index in [1.54, 1.807) is 32.3 Å². The van der Waals surface area contributed by atoms with Crippen molar-refractivity contribution < 1.29 is 8.42 Å². The molecule has 1 N–H and O–H groups in total. The summed E-state index contributed by atoms with van der Waals surface area (Å²) in [6, 6.07) is 5.06. The Balaban J connectivity index is 3.02. The van der Waals surface area contributed by atoms with Crippen molar-refractivity contribution in [2.45, 2.75) is 4.90 Å². The van der Waals surface area contributed by atoms with Crippen LogP contribution in [0.2, 0.25) is 0 Å². The van der Waals surface area contributed by atoms with Crippen LogP contribution in [0, 0.1) is 0 Å². The number of rotatable bonds is 2. The molecule has 0 spiro atoms. The van der Waals surface area contributed by atoms with Crippen LogP contribution in [0.4, 0.5) is 5.69 Å². The standard InChI is InChI=1S/C12H14N2O3S/c1-13-8-4-5-9-10(6-8)11(18(3,16)17)7-14(2)12(9)15/h4-7,13H,1-3H3. The molecule has 0 saturated heterocycles. The Hall–Kier alpha value is -1.82. The van der Waals surface area contributed by atoms with E-state index in [9.17, 15) is 13.2 Å². The molecule has 0 aliphatic heterocycles. The normalized spacial score (nSPS) is 11.7. The average Bonchev–Trinajstić information content (AvgIpc) is 2.31. The minimum atomic E-state index is -3.38. The van der Waals surface area contributed by atoms with E-state index in [4.69, 9.17) is 0 Å². The van der Waals surface area contributed by atoms with Crippen LogP contribution < -0.4 is 10.9 Å². The van der Waals surface area contributed by atoms with E-state index in [-0.39, 0.29) is 10.5 Å². The monoisotopic (exact) mass is 266 g/mol. The van der Waals surface area contributed by atoms with Crippen LogP contribution in [0.15, 0.2) is 34.1 Å². The molecule has 0 radical (unpaired) electrons. The first-order valence-corrected chi connectivity index (χ1v) is 7.25. The highest BCUT2D eigenvalue weighted by atomic mass is 32.2. The number of nitrogens with one attached hydrogen (secondary N) is 1. The molecule has 1 heterocycles. The third-order valence-corrected chi connectivity index (χ3v) is 3.96. The molecule has 1 aromatic carbocycles. The molecule has 0 aliphatic rings. The maximum absolute atomic E-state index is 12.0. The molecule has 0 bridgehead atoms. The van der Waals surface area contributed by atoms with E-state index in [0.29, 0.717) is 10.8 Å². The van der Waals surface area contributed by atoms with E-state index in [1.807, 2.05) is 0 Å². The Morgan fingerprint density at radius 3 is 2.44 bits per heavy atom. The second-order valence-corrected chi connectivity index (χ2v) is 6.18. The number of hydrogen-bond donors (Lipinski definition) is 1. The van der Waals surface area contributed by atoms with Gasteiger partial charge in [0.1, 0.15) is 0 Å². The predicted octanol–water partition coefficient (Wildman–Crippen LogP) is 0.984. The largest absolute Gasteiger partial charge is 0.388 e. The van der Waals surface area contributed by atoms with Crippen LogP contribution in [0.3, 0.4) is 0 Å². The molecule has 0 aliphatic carbocycles. The minimum Gasteiger partial charge on any atom is -0.388 e. The molecule has 0 atom stereocenters. The van der Waals surface area contributed by atoms with Gasteiger partial charge in [-0.2, -0.15) is 0 Å². The Morgan fingerprint density at radius 2 is 1.89 bits per heavy atom. The minimum absolute atomic E-state index is 0.164. The SMILES string of the molecule is CNc1ccc2c(=O)n(C)cc(S(C)(=O)=O)c2c1. The summed E-state index contributed by atoms with van der Waals surface area (Å²) in [5.41, 5.74) is 0.556. The number of fused-ring (bicyclic) bond motifs is 1. The smallest absolute Gasteiger partial charge is 0.258 e. The van der Waals surface area contributed by atoms with Crippen LogP contribution in [0.1, 0.15) is 0 Å². The number of pyridine rings is 1. The van der Waals surface area contributed by atoms with Gasteiger partial charge in [0.15, 0.2) is 9.84 Å². The molecule has 96 valence electrons. The van der Waals surface area contributed by atoms with E-state index in [1.165, 1.54) is 10.8 Å². The summed E-state index contributed by atoms with van der Waals surface area (Å²) in [7, 11) is -0.0987. The highest BCUT2D eigenvalue weighted by Gasteiger charge is 2.15. The van der Waals surface area contributed by atoms with Gasteiger partial charge >= 0.3 is 0 Å². The fraction of sp³-hybridized carbons (Fsp3) is 0.250. The van der Waals surface area contributed by atoms with Crippen molar-refractivity contribution in [3.05, 3.63) is 34.7 Å². The first-order chi connectivity index (χ1) is 8.34. The Bertz CT molecular complexity index is 776. The van der Waals surface area contributed by atoms with Gasteiger partial charge in [0.2, 0.25) is 0 Å².